The van der Waals surface area contributed by atoms with Crippen molar-refractivity contribution in [1.82, 2.24) is 20.3 Å². The summed E-state index contributed by atoms with van der Waals surface area (Å²) in [6, 6.07) is 14.9. The molecule has 0 bridgehead atoms. The summed E-state index contributed by atoms with van der Waals surface area (Å²) in [5.41, 5.74) is 2.42. The van der Waals surface area contributed by atoms with Crippen molar-refractivity contribution in [2.45, 2.75) is 32.9 Å². The fraction of sp³-hybridized carbons (Fsp3) is 0.263. The highest BCUT2D eigenvalue weighted by Gasteiger charge is 2.15. The van der Waals surface area contributed by atoms with Crippen molar-refractivity contribution in [1.29, 1.82) is 0 Å². The molecule has 3 rings (SSSR count). The molecule has 0 fully saturated rings. The quantitative estimate of drug-likeness (QED) is 0.776. The molecule has 0 aliphatic rings. The van der Waals surface area contributed by atoms with E-state index in [0.717, 1.165) is 16.7 Å². The monoisotopic (exact) mass is 336 g/mol. The molecule has 0 spiro atoms. The maximum Gasteiger partial charge on any atom is 0.278 e. The van der Waals surface area contributed by atoms with Crippen LogP contribution in [0.3, 0.4) is 0 Å². The number of rotatable bonds is 5. The van der Waals surface area contributed by atoms with E-state index in [-0.39, 0.29) is 24.1 Å². The Hall–Kier alpha value is -3.02. The van der Waals surface area contributed by atoms with Crippen LogP contribution < -0.4 is 10.9 Å². The van der Waals surface area contributed by atoms with E-state index in [4.69, 9.17) is 0 Å². The third-order valence-electron chi connectivity index (χ3n) is 4.15. The van der Waals surface area contributed by atoms with Crippen molar-refractivity contribution >= 4 is 16.8 Å². The third kappa shape index (κ3) is 3.74. The van der Waals surface area contributed by atoms with Gasteiger partial charge < -0.3 is 5.32 Å². The van der Waals surface area contributed by atoms with E-state index in [1.54, 1.807) is 24.3 Å². The molecule has 0 saturated heterocycles. The second kappa shape index (κ2) is 7.25. The molecule has 6 nitrogen and oxygen atoms in total. The molecule has 2 aromatic carbocycles. The molecule has 1 heterocycles. The highest BCUT2D eigenvalue weighted by molar-refractivity contribution is 5.78. The number of aryl methyl sites for hydroxylation is 1. The first-order chi connectivity index (χ1) is 12.1. The first kappa shape index (κ1) is 16.8. The molecule has 3 aromatic rings. The molecule has 128 valence electrons. The summed E-state index contributed by atoms with van der Waals surface area (Å²) in [5.74, 6) is -0.265. The van der Waals surface area contributed by atoms with Gasteiger partial charge in [0.25, 0.3) is 5.56 Å². The van der Waals surface area contributed by atoms with Gasteiger partial charge in [-0.05, 0) is 31.0 Å². The predicted molar refractivity (Wildman–Crippen MR) is 96.2 cm³/mol. The highest BCUT2D eigenvalue weighted by Crippen LogP contribution is 2.17. The number of nitrogens with zero attached hydrogens (tertiary/aromatic N) is 3. The van der Waals surface area contributed by atoms with Gasteiger partial charge in [0.15, 0.2) is 0 Å². The number of benzene rings is 2. The molecule has 0 radical (unpaired) electrons. The van der Waals surface area contributed by atoms with E-state index < -0.39 is 0 Å². The van der Waals surface area contributed by atoms with Gasteiger partial charge in [0.2, 0.25) is 5.91 Å². The van der Waals surface area contributed by atoms with Crippen LogP contribution in [0.2, 0.25) is 0 Å². The second-order valence-electron chi connectivity index (χ2n) is 6.01. The van der Waals surface area contributed by atoms with Crippen molar-refractivity contribution in [3.05, 3.63) is 70.0 Å². The van der Waals surface area contributed by atoms with Crippen LogP contribution in [0.4, 0.5) is 0 Å². The summed E-state index contributed by atoms with van der Waals surface area (Å²) in [7, 11) is 0. The minimum absolute atomic E-state index is 0.0998. The Balaban J connectivity index is 1.76. The number of nitrogens with one attached hydrogen (secondary N) is 1. The van der Waals surface area contributed by atoms with Gasteiger partial charge in [-0.3, -0.25) is 9.59 Å². The summed E-state index contributed by atoms with van der Waals surface area (Å²) in [6.07, 6.45) is 0.757. The standard InChI is InChI=1S/C19H20N4O2/c1-3-16(14-10-8-13(2)9-11-14)20-18(24)12-23-19(25)15-6-4-5-7-17(15)21-22-23/h4-11,16H,3,12H2,1-2H3,(H,20,24)/t16-/m0/s1. The first-order valence-electron chi connectivity index (χ1n) is 8.27. The Morgan fingerprint density at radius 3 is 2.60 bits per heavy atom. The highest BCUT2D eigenvalue weighted by atomic mass is 16.2. The Labute approximate surface area is 145 Å². The molecular formula is C19H20N4O2. The van der Waals surface area contributed by atoms with Crippen LogP contribution in [0.1, 0.15) is 30.5 Å². The number of amides is 1. The third-order valence-corrected chi connectivity index (χ3v) is 4.15. The largest absolute Gasteiger partial charge is 0.348 e. The van der Waals surface area contributed by atoms with Gasteiger partial charge in [-0.25, -0.2) is 4.68 Å². The van der Waals surface area contributed by atoms with Gasteiger partial charge in [0.1, 0.15) is 12.1 Å². The van der Waals surface area contributed by atoms with E-state index in [2.05, 4.69) is 15.6 Å². The van der Waals surface area contributed by atoms with Crippen LogP contribution in [0, 0.1) is 6.92 Å². The number of hydrogen-bond acceptors (Lipinski definition) is 4. The summed E-state index contributed by atoms with van der Waals surface area (Å²) < 4.78 is 1.10. The van der Waals surface area contributed by atoms with Gasteiger partial charge >= 0.3 is 0 Å². The van der Waals surface area contributed by atoms with Crippen molar-refractivity contribution in [3.63, 3.8) is 0 Å². The number of carbonyl (C=O) groups is 1. The SMILES string of the molecule is CC[C@H](NC(=O)Cn1nnc2ccccc2c1=O)c1ccc(C)cc1. The Bertz CT molecular complexity index is 948. The van der Waals surface area contributed by atoms with Crippen molar-refractivity contribution < 1.29 is 4.79 Å². The maximum absolute atomic E-state index is 12.4. The van der Waals surface area contributed by atoms with Crippen LogP contribution in [0.5, 0.6) is 0 Å². The fourth-order valence-electron chi connectivity index (χ4n) is 2.72. The lowest BCUT2D eigenvalue weighted by atomic mass is 10.0. The fourth-order valence-corrected chi connectivity index (χ4v) is 2.72. The van der Waals surface area contributed by atoms with Gasteiger partial charge in [-0.2, -0.15) is 0 Å². The molecule has 1 N–H and O–H groups in total. The summed E-state index contributed by atoms with van der Waals surface area (Å²) in [5, 5.41) is 11.3. The smallest absolute Gasteiger partial charge is 0.278 e. The number of carbonyl (C=O) groups excluding carboxylic acids is 1. The lowest BCUT2D eigenvalue weighted by Crippen LogP contribution is -2.36. The van der Waals surface area contributed by atoms with E-state index in [0.29, 0.717) is 10.9 Å². The van der Waals surface area contributed by atoms with Crippen molar-refractivity contribution in [2.24, 2.45) is 0 Å². The van der Waals surface area contributed by atoms with Crippen molar-refractivity contribution in [3.8, 4) is 0 Å². The van der Waals surface area contributed by atoms with Crippen LogP contribution in [-0.4, -0.2) is 20.9 Å². The molecule has 0 saturated carbocycles. The predicted octanol–water partition coefficient (Wildman–Crippen LogP) is 2.37. The topological polar surface area (TPSA) is 76.9 Å². The van der Waals surface area contributed by atoms with E-state index in [9.17, 15) is 9.59 Å². The second-order valence-corrected chi connectivity index (χ2v) is 6.01. The number of hydrogen-bond donors (Lipinski definition) is 1. The Morgan fingerprint density at radius 2 is 1.88 bits per heavy atom. The molecule has 1 amide bonds. The van der Waals surface area contributed by atoms with Gasteiger partial charge in [0, 0.05) is 0 Å². The maximum atomic E-state index is 12.4. The van der Waals surface area contributed by atoms with E-state index in [1.165, 1.54) is 5.56 Å². The van der Waals surface area contributed by atoms with Crippen molar-refractivity contribution in [2.75, 3.05) is 0 Å². The molecule has 0 unspecified atom stereocenters. The summed E-state index contributed by atoms with van der Waals surface area (Å²) in [6.45, 7) is 3.87. The lowest BCUT2D eigenvalue weighted by Gasteiger charge is -2.17. The van der Waals surface area contributed by atoms with Gasteiger partial charge in [-0.15, -0.1) is 5.10 Å². The van der Waals surface area contributed by atoms with Crippen LogP contribution in [-0.2, 0) is 11.3 Å². The molecule has 0 aliphatic carbocycles. The summed E-state index contributed by atoms with van der Waals surface area (Å²) in [4.78, 5) is 24.8. The molecular weight excluding hydrogens is 316 g/mol. The zero-order valence-electron chi connectivity index (χ0n) is 14.3. The average molecular weight is 336 g/mol. The molecule has 0 aliphatic heterocycles. The van der Waals surface area contributed by atoms with E-state index in [1.807, 2.05) is 38.1 Å². The van der Waals surface area contributed by atoms with Gasteiger partial charge in [-0.1, -0.05) is 54.1 Å². The molecule has 25 heavy (non-hydrogen) atoms. The first-order valence-corrected chi connectivity index (χ1v) is 8.27. The Morgan fingerprint density at radius 1 is 1.16 bits per heavy atom. The van der Waals surface area contributed by atoms with Crippen LogP contribution in [0.25, 0.3) is 10.9 Å². The van der Waals surface area contributed by atoms with Crippen LogP contribution in [0.15, 0.2) is 53.3 Å². The minimum Gasteiger partial charge on any atom is -0.348 e. The molecule has 1 aromatic heterocycles. The minimum atomic E-state index is -0.316. The molecule has 6 heteroatoms. The molecule has 1 atom stereocenters. The summed E-state index contributed by atoms with van der Waals surface area (Å²) >= 11 is 0. The van der Waals surface area contributed by atoms with Gasteiger partial charge in [0.05, 0.1) is 11.4 Å². The zero-order valence-corrected chi connectivity index (χ0v) is 14.3. The normalized spacial score (nSPS) is 12.1. The lowest BCUT2D eigenvalue weighted by molar-refractivity contribution is -0.122. The Kier molecular flexibility index (Phi) is 4.88. The zero-order chi connectivity index (χ0) is 17.8. The van der Waals surface area contributed by atoms with Crippen LogP contribution >= 0.6 is 0 Å². The number of aromatic nitrogens is 3. The van der Waals surface area contributed by atoms with E-state index >= 15 is 0 Å². The average Bonchev–Trinajstić information content (AvgIpc) is 2.63. The number of fused-ring (bicyclic) bond motifs is 1.